The first-order valence-electron chi connectivity index (χ1n) is 8.23. The quantitative estimate of drug-likeness (QED) is 0.778. The van der Waals surface area contributed by atoms with Crippen LogP contribution in [0, 0.1) is 5.92 Å². The van der Waals surface area contributed by atoms with Gasteiger partial charge in [0.1, 0.15) is 0 Å². The predicted octanol–water partition coefficient (Wildman–Crippen LogP) is 2.18. The molecular weight excluding hydrogens is 252 g/mol. The lowest BCUT2D eigenvalue weighted by Crippen LogP contribution is -2.47. The van der Waals surface area contributed by atoms with Crippen molar-refractivity contribution in [3.05, 3.63) is 0 Å². The molecule has 1 atom stereocenters. The van der Waals surface area contributed by atoms with Crippen LogP contribution in [0.2, 0.25) is 0 Å². The van der Waals surface area contributed by atoms with Crippen LogP contribution in [-0.4, -0.2) is 49.7 Å². The average Bonchev–Trinajstić information content (AvgIpc) is 2.43. The van der Waals surface area contributed by atoms with E-state index in [9.17, 15) is 4.79 Å². The van der Waals surface area contributed by atoms with Gasteiger partial charge in [-0.05, 0) is 57.5 Å². The number of hydrogen-bond donors (Lipinski definition) is 1. The zero-order valence-corrected chi connectivity index (χ0v) is 13.1. The second kappa shape index (κ2) is 7.41. The smallest absolute Gasteiger partial charge is 0.225 e. The van der Waals surface area contributed by atoms with E-state index in [0.29, 0.717) is 18.2 Å². The van der Waals surface area contributed by atoms with E-state index < -0.39 is 0 Å². The Kier molecular flexibility index (Phi) is 5.85. The van der Waals surface area contributed by atoms with E-state index in [1.807, 2.05) is 0 Å². The maximum Gasteiger partial charge on any atom is 0.225 e. The van der Waals surface area contributed by atoms with Crippen molar-refractivity contribution in [2.24, 2.45) is 5.92 Å². The van der Waals surface area contributed by atoms with Crippen molar-refractivity contribution in [3.8, 4) is 0 Å². The normalized spacial score (nSPS) is 25.0. The Balaban J connectivity index is 1.87. The van der Waals surface area contributed by atoms with Gasteiger partial charge in [-0.25, -0.2) is 0 Å². The molecule has 1 aliphatic heterocycles. The molecule has 1 heterocycles. The maximum absolute atomic E-state index is 12.6. The molecule has 1 aliphatic carbocycles. The van der Waals surface area contributed by atoms with E-state index in [1.54, 1.807) is 7.11 Å². The van der Waals surface area contributed by atoms with Crippen LogP contribution in [-0.2, 0) is 9.53 Å². The SMILES string of the molecule is CCCN(CC1CCCNC1)C(=O)CC1(OC)CCC1. The van der Waals surface area contributed by atoms with Gasteiger partial charge in [0, 0.05) is 20.2 Å². The number of piperidine rings is 1. The minimum absolute atomic E-state index is 0.145. The molecule has 4 heteroatoms. The van der Waals surface area contributed by atoms with Gasteiger partial charge in [-0.3, -0.25) is 4.79 Å². The minimum atomic E-state index is -0.145. The summed E-state index contributed by atoms with van der Waals surface area (Å²) in [5.74, 6) is 0.915. The van der Waals surface area contributed by atoms with E-state index in [0.717, 1.165) is 45.4 Å². The number of nitrogens with zero attached hydrogens (tertiary/aromatic N) is 1. The van der Waals surface area contributed by atoms with Crippen LogP contribution < -0.4 is 5.32 Å². The monoisotopic (exact) mass is 282 g/mol. The molecule has 1 saturated heterocycles. The van der Waals surface area contributed by atoms with E-state index in [-0.39, 0.29) is 5.60 Å². The van der Waals surface area contributed by atoms with Crippen molar-refractivity contribution in [1.29, 1.82) is 0 Å². The first kappa shape index (κ1) is 15.8. The molecule has 20 heavy (non-hydrogen) atoms. The largest absolute Gasteiger partial charge is 0.378 e. The predicted molar refractivity (Wildman–Crippen MR) is 80.7 cm³/mol. The summed E-state index contributed by atoms with van der Waals surface area (Å²) in [6.07, 6.45) is 7.37. The summed E-state index contributed by atoms with van der Waals surface area (Å²) in [6, 6.07) is 0. The molecule has 0 spiro atoms. The van der Waals surface area contributed by atoms with E-state index in [4.69, 9.17) is 4.74 Å². The Morgan fingerprint density at radius 1 is 1.40 bits per heavy atom. The minimum Gasteiger partial charge on any atom is -0.378 e. The van der Waals surface area contributed by atoms with Crippen LogP contribution in [0.25, 0.3) is 0 Å². The second-order valence-corrected chi connectivity index (χ2v) is 6.47. The Morgan fingerprint density at radius 3 is 2.70 bits per heavy atom. The third kappa shape index (κ3) is 3.95. The van der Waals surface area contributed by atoms with Crippen molar-refractivity contribution in [2.45, 2.75) is 57.5 Å². The lowest BCUT2D eigenvalue weighted by molar-refractivity contribution is -0.144. The Labute approximate surface area is 123 Å². The topological polar surface area (TPSA) is 41.6 Å². The van der Waals surface area contributed by atoms with Crippen LogP contribution in [0.3, 0.4) is 0 Å². The number of carbonyl (C=O) groups excluding carboxylic acids is 1. The average molecular weight is 282 g/mol. The Hall–Kier alpha value is -0.610. The van der Waals surface area contributed by atoms with Crippen molar-refractivity contribution in [3.63, 3.8) is 0 Å². The zero-order chi connectivity index (χ0) is 14.4. The molecule has 0 aromatic heterocycles. The van der Waals surface area contributed by atoms with Gasteiger partial charge < -0.3 is 15.0 Å². The molecule has 2 fully saturated rings. The first-order chi connectivity index (χ1) is 9.69. The highest BCUT2D eigenvalue weighted by molar-refractivity contribution is 5.77. The van der Waals surface area contributed by atoms with Crippen molar-refractivity contribution < 1.29 is 9.53 Å². The highest BCUT2D eigenvalue weighted by atomic mass is 16.5. The standard InChI is InChI=1S/C16H30N2O2/c1-3-10-18(13-14-6-4-9-17-12-14)15(19)11-16(20-2)7-5-8-16/h14,17H,3-13H2,1-2H3. The third-order valence-corrected chi connectivity index (χ3v) is 4.89. The summed E-state index contributed by atoms with van der Waals surface area (Å²) < 4.78 is 5.60. The zero-order valence-electron chi connectivity index (χ0n) is 13.1. The van der Waals surface area contributed by atoms with Gasteiger partial charge in [-0.15, -0.1) is 0 Å². The number of ether oxygens (including phenoxy) is 1. The molecule has 116 valence electrons. The molecule has 1 amide bonds. The lowest BCUT2D eigenvalue weighted by Gasteiger charge is -2.41. The molecule has 1 unspecified atom stereocenters. The van der Waals surface area contributed by atoms with Crippen molar-refractivity contribution >= 4 is 5.91 Å². The third-order valence-electron chi connectivity index (χ3n) is 4.89. The molecule has 0 bridgehead atoms. The van der Waals surface area contributed by atoms with Crippen LogP contribution in [0.1, 0.15) is 51.9 Å². The summed E-state index contributed by atoms with van der Waals surface area (Å²) in [5, 5.41) is 3.44. The first-order valence-corrected chi connectivity index (χ1v) is 8.23. The Morgan fingerprint density at radius 2 is 2.20 bits per heavy atom. The number of nitrogens with one attached hydrogen (secondary N) is 1. The highest BCUT2D eigenvalue weighted by Crippen LogP contribution is 2.38. The number of methoxy groups -OCH3 is 1. The van der Waals surface area contributed by atoms with Crippen molar-refractivity contribution in [1.82, 2.24) is 10.2 Å². The molecular formula is C16H30N2O2. The van der Waals surface area contributed by atoms with Crippen LogP contribution in [0.15, 0.2) is 0 Å². The molecule has 1 saturated carbocycles. The molecule has 1 N–H and O–H groups in total. The van der Waals surface area contributed by atoms with E-state index >= 15 is 0 Å². The van der Waals surface area contributed by atoms with Gasteiger partial charge in [0.15, 0.2) is 0 Å². The maximum atomic E-state index is 12.6. The number of rotatable bonds is 7. The highest BCUT2D eigenvalue weighted by Gasteiger charge is 2.40. The lowest BCUT2D eigenvalue weighted by atomic mass is 9.77. The van der Waals surface area contributed by atoms with Gasteiger partial charge in [0.05, 0.1) is 12.0 Å². The van der Waals surface area contributed by atoms with E-state index in [2.05, 4.69) is 17.1 Å². The fourth-order valence-corrected chi connectivity index (χ4v) is 3.39. The van der Waals surface area contributed by atoms with Gasteiger partial charge in [0.25, 0.3) is 0 Å². The summed E-state index contributed by atoms with van der Waals surface area (Å²) >= 11 is 0. The van der Waals surface area contributed by atoms with E-state index in [1.165, 1.54) is 19.3 Å². The molecule has 2 aliphatic rings. The van der Waals surface area contributed by atoms with Crippen LogP contribution in [0.5, 0.6) is 0 Å². The van der Waals surface area contributed by atoms with Gasteiger partial charge in [-0.1, -0.05) is 6.92 Å². The fourth-order valence-electron chi connectivity index (χ4n) is 3.39. The second-order valence-electron chi connectivity index (χ2n) is 6.47. The molecule has 0 aromatic carbocycles. The molecule has 4 nitrogen and oxygen atoms in total. The summed E-state index contributed by atoms with van der Waals surface area (Å²) in [7, 11) is 1.75. The summed E-state index contributed by atoms with van der Waals surface area (Å²) in [5.41, 5.74) is -0.145. The number of hydrogen-bond acceptors (Lipinski definition) is 3. The number of amides is 1. The van der Waals surface area contributed by atoms with Gasteiger partial charge in [0.2, 0.25) is 5.91 Å². The number of carbonyl (C=O) groups is 1. The molecule has 0 radical (unpaired) electrons. The molecule has 2 rings (SSSR count). The molecule has 0 aromatic rings. The Bertz CT molecular complexity index is 304. The van der Waals surface area contributed by atoms with Crippen LogP contribution >= 0.6 is 0 Å². The summed E-state index contributed by atoms with van der Waals surface area (Å²) in [6.45, 7) is 6.14. The van der Waals surface area contributed by atoms with Crippen LogP contribution in [0.4, 0.5) is 0 Å². The summed E-state index contributed by atoms with van der Waals surface area (Å²) in [4.78, 5) is 14.7. The van der Waals surface area contributed by atoms with Crippen molar-refractivity contribution in [2.75, 3.05) is 33.3 Å². The van der Waals surface area contributed by atoms with Gasteiger partial charge in [-0.2, -0.15) is 0 Å². The fraction of sp³-hybridized carbons (Fsp3) is 0.938. The van der Waals surface area contributed by atoms with Gasteiger partial charge >= 0.3 is 0 Å².